The highest BCUT2D eigenvalue weighted by atomic mass is 35.5. The van der Waals surface area contributed by atoms with E-state index in [2.05, 4.69) is 25.4 Å². The predicted molar refractivity (Wildman–Crippen MR) is 109 cm³/mol. The molecule has 0 aliphatic carbocycles. The molecule has 3 aromatic heterocycles. The summed E-state index contributed by atoms with van der Waals surface area (Å²) in [6, 6.07) is 5.66. The third-order valence-electron chi connectivity index (χ3n) is 5.07. The van der Waals surface area contributed by atoms with E-state index < -0.39 is 0 Å². The number of fused-ring (bicyclic) bond motifs is 5. The fraction of sp³-hybridized carbons (Fsp3) is 0.350. The van der Waals surface area contributed by atoms with Gasteiger partial charge in [0.1, 0.15) is 12.0 Å². The van der Waals surface area contributed by atoms with Crippen molar-refractivity contribution in [1.82, 2.24) is 34.7 Å². The van der Waals surface area contributed by atoms with Crippen LogP contribution in [0.1, 0.15) is 49.6 Å². The highest BCUT2D eigenvalue weighted by Gasteiger charge is 2.28. The van der Waals surface area contributed by atoms with Crippen molar-refractivity contribution in [2.75, 3.05) is 6.61 Å². The molecule has 0 fully saturated rings. The van der Waals surface area contributed by atoms with E-state index in [0.29, 0.717) is 42.1 Å². The molecular formula is C20H20ClN7O2. The lowest BCUT2D eigenvalue weighted by Gasteiger charge is -2.09. The summed E-state index contributed by atoms with van der Waals surface area (Å²) < 4.78 is 15.0. The molecule has 1 aromatic carbocycles. The Hall–Kier alpha value is -3.04. The van der Waals surface area contributed by atoms with Gasteiger partial charge in [-0.05, 0) is 25.1 Å². The van der Waals surface area contributed by atoms with Gasteiger partial charge in [0, 0.05) is 24.0 Å². The normalized spacial score (nSPS) is 12.6. The topological polar surface area (TPSA) is 96.7 Å². The van der Waals surface area contributed by atoms with Gasteiger partial charge < -0.3 is 9.26 Å². The van der Waals surface area contributed by atoms with Crippen LogP contribution >= 0.6 is 11.6 Å². The maximum Gasteiger partial charge on any atom is 0.278 e. The summed E-state index contributed by atoms with van der Waals surface area (Å²) in [7, 11) is 0. The van der Waals surface area contributed by atoms with Crippen LogP contribution in [0.4, 0.5) is 0 Å². The van der Waals surface area contributed by atoms with Crippen molar-refractivity contribution in [2.24, 2.45) is 0 Å². The minimum atomic E-state index is 0.162. The largest absolute Gasteiger partial charge is 0.375 e. The third kappa shape index (κ3) is 3.01. The average molecular weight is 426 g/mol. The number of aromatic nitrogens is 7. The highest BCUT2D eigenvalue weighted by Crippen LogP contribution is 2.34. The third-order valence-corrected chi connectivity index (χ3v) is 5.31. The van der Waals surface area contributed by atoms with Crippen LogP contribution in [-0.2, 0) is 17.8 Å². The summed E-state index contributed by atoms with van der Waals surface area (Å²) in [5, 5.41) is 13.4. The molecule has 0 saturated carbocycles. The summed E-state index contributed by atoms with van der Waals surface area (Å²) in [4.78, 5) is 9.14. The van der Waals surface area contributed by atoms with Crippen LogP contribution in [0.5, 0.6) is 0 Å². The van der Waals surface area contributed by atoms with Crippen molar-refractivity contribution in [3.05, 3.63) is 52.5 Å². The van der Waals surface area contributed by atoms with Crippen molar-refractivity contribution in [3.63, 3.8) is 0 Å². The molecule has 0 atom stereocenters. The molecule has 1 aliphatic rings. The minimum Gasteiger partial charge on any atom is -0.375 e. The van der Waals surface area contributed by atoms with Gasteiger partial charge in [-0.3, -0.25) is 4.57 Å². The van der Waals surface area contributed by atoms with E-state index in [4.69, 9.17) is 20.9 Å². The second kappa shape index (κ2) is 7.33. The van der Waals surface area contributed by atoms with Gasteiger partial charge in [-0.2, -0.15) is 4.98 Å². The van der Waals surface area contributed by atoms with Gasteiger partial charge in [0.15, 0.2) is 11.5 Å². The Labute approximate surface area is 177 Å². The molecular weight excluding hydrogens is 406 g/mol. The van der Waals surface area contributed by atoms with Crippen molar-refractivity contribution in [2.45, 2.75) is 39.7 Å². The lowest BCUT2D eigenvalue weighted by molar-refractivity contribution is 0.130. The molecule has 9 nitrogen and oxygen atoms in total. The Balaban J connectivity index is 1.71. The Morgan fingerprint density at radius 2 is 2.10 bits per heavy atom. The number of halogens is 1. The van der Waals surface area contributed by atoms with Gasteiger partial charge in [0.25, 0.3) is 5.89 Å². The van der Waals surface area contributed by atoms with E-state index in [-0.39, 0.29) is 5.92 Å². The molecule has 0 N–H and O–H groups in total. The first kappa shape index (κ1) is 19.0. The molecule has 4 aromatic rings. The van der Waals surface area contributed by atoms with E-state index in [1.165, 1.54) is 0 Å². The maximum atomic E-state index is 6.30. The first-order valence-corrected chi connectivity index (χ1v) is 10.2. The number of hydrogen-bond donors (Lipinski definition) is 0. The van der Waals surface area contributed by atoms with E-state index >= 15 is 0 Å². The standard InChI is InChI=1S/C20H20ClN7O2/c1-4-29-9-13-15-8-17-18(20-23-19(11(2)3)25-30-20)22-10-27(17)14-6-5-12(21)7-16(14)28(15)26-24-13/h5-7,10-11H,4,8-9H2,1-3H3. The molecule has 0 bridgehead atoms. The molecule has 0 amide bonds. The predicted octanol–water partition coefficient (Wildman–Crippen LogP) is 3.72. The van der Waals surface area contributed by atoms with E-state index in [1.54, 1.807) is 6.33 Å². The zero-order chi connectivity index (χ0) is 20.8. The first-order valence-electron chi connectivity index (χ1n) is 9.78. The Bertz CT molecular complexity index is 1220. The van der Waals surface area contributed by atoms with Gasteiger partial charge in [0.2, 0.25) is 0 Å². The molecule has 0 unspecified atom stereocenters. The number of imidazole rings is 1. The van der Waals surface area contributed by atoms with Gasteiger partial charge in [-0.1, -0.05) is 35.8 Å². The average Bonchev–Trinajstić information content (AvgIpc) is 3.44. The lowest BCUT2D eigenvalue weighted by Crippen LogP contribution is -2.04. The van der Waals surface area contributed by atoms with E-state index in [1.807, 2.05) is 48.2 Å². The molecule has 10 heteroatoms. The fourth-order valence-corrected chi connectivity index (χ4v) is 3.70. The van der Waals surface area contributed by atoms with Crippen LogP contribution in [0.3, 0.4) is 0 Å². The zero-order valence-electron chi connectivity index (χ0n) is 16.8. The first-order chi connectivity index (χ1) is 14.6. The van der Waals surface area contributed by atoms with Crippen LogP contribution in [0, 0.1) is 0 Å². The summed E-state index contributed by atoms with van der Waals surface area (Å²) >= 11 is 6.30. The second-order valence-electron chi connectivity index (χ2n) is 7.36. The maximum absolute atomic E-state index is 6.30. The molecule has 4 heterocycles. The molecule has 30 heavy (non-hydrogen) atoms. The van der Waals surface area contributed by atoms with Crippen molar-refractivity contribution in [3.8, 4) is 23.0 Å². The quantitative estimate of drug-likeness (QED) is 0.423. The van der Waals surface area contributed by atoms with Crippen LogP contribution in [0.2, 0.25) is 5.02 Å². The number of benzene rings is 1. The SMILES string of the molecule is CCOCc1nnn2c1Cc1c(-c3nc(C(C)C)no3)ncn1-c1ccc(Cl)cc1-2. The number of rotatable bonds is 5. The van der Waals surface area contributed by atoms with Gasteiger partial charge in [0.05, 0.1) is 29.4 Å². The number of ether oxygens (including phenoxy) is 1. The minimum absolute atomic E-state index is 0.162. The van der Waals surface area contributed by atoms with Gasteiger partial charge >= 0.3 is 0 Å². The van der Waals surface area contributed by atoms with Crippen molar-refractivity contribution < 1.29 is 9.26 Å². The summed E-state index contributed by atoms with van der Waals surface area (Å²) in [5.74, 6) is 1.21. The zero-order valence-corrected chi connectivity index (χ0v) is 17.6. The van der Waals surface area contributed by atoms with Crippen molar-refractivity contribution in [1.29, 1.82) is 0 Å². The van der Waals surface area contributed by atoms with E-state index in [9.17, 15) is 0 Å². The fourth-order valence-electron chi connectivity index (χ4n) is 3.54. The number of nitrogens with zero attached hydrogens (tertiary/aromatic N) is 7. The van der Waals surface area contributed by atoms with Gasteiger partial charge in [-0.25, -0.2) is 9.67 Å². The molecule has 5 rings (SSSR count). The molecule has 0 radical (unpaired) electrons. The van der Waals surface area contributed by atoms with Crippen LogP contribution < -0.4 is 0 Å². The monoisotopic (exact) mass is 425 g/mol. The Morgan fingerprint density at radius 1 is 1.23 bits per heavy atom. The smallest absolute Gasteiger partial charge is 0.278 e. The molecule has 0 spiro atoms. The van der Waals surface area contributed by atoms with Crippen LogP contribution in [0.25, 0.3) is 23.0 Å². The molecule has 1 aliphatic heterocycles. The highest BCUT2D eigenvalue weighted by molar-refractivity contribution is 6.30. The summed E-state index contributed by atoms with van der Waals surface area (Å²) in [5.41, 5.74) is 4.96. The Morgan fingerprint density at radius 3 is 2.87 bits per heavy atom. The lowest BCUT2D eigenvalue weighted by atomic mass is 10.1. The number of hydrogen-bond acceptors (Lipinski definition) is 7. The summed E-state index contributed by atoms with van der Waals surface area (Å²) in [6.07, 6.45) is 2.29. The van der Waals surface area contributed by atoms with Crippen LogP contribution in [0.15, 0.2) is 29.0 Å². The molecule has 0 saturated heterocycles. The van der Waals surface area contributed by atoms with Crippen LogP contribution in [-0.4, -0.2) is 41.3 Å². The summed E-state index contributed by atoms with van der Waals surface area (Å²) in [6.45, 7) is 6.96. The Kier molecular flexibility index (Phi) is 4.63. The second-order valence-corrected chi connectivity index (χ2v) is 7.80. The molecule has 154 valence electrons. The van der Waals surface area contributed by atoms with Gasteiger partial charge in [-0.15, -0.1) is 5.10 Å². The van der Waals surface area contributed by atoms with E-state index in [0.717, 1.165) is 28.5 Å². The van der Waals surface area contributed by atoms with Crippen molar-refractivity contribution >= 4 is 11.6 Å².